The predicted molar refractivity (Wildman–Crippen MR) is 99.3 cm³/mol. The molecular weight excluding hydrogens is 369 g/mol. The van der Waals surface area contributed by atoms with Crippen molar-refractivity contribution >= 4 is 16.0 Å². The van der Waals surface area contributed by atoms with Gasteiger partial charge >= 0.3 is 5.97 Å². The standard InChI is InChI=1S/C20H16FNO4S/c21-18-11-14(10-17(12-18)20(23)24)13-22-27(25,26)19-8-6-16(7-9-19)15-4-2-1-3-5-15/h1-12,22H,13H2,(H,23,24). The maximum Gasteiger partial charge on any atom is 0.335 e. The first kappa shape index (κ1) is 18.8. The fraction of sp³-hybridized carbons (Fsp3) is 0.0500. The molecule has 3 aromatic rings. The highest BCUT2D eigenvalue weighted by atomic mass is 32.2. The second-order valence-electron chi connectivity index (χ2n) is 5.87. The average molecular weight is 385 g/mol. The first-order valence-corrected chi connectivity index (χ1v) is 9.51. The molecule has 5 nitrogen and oxygen atoms in total. The van der Waals surface area contributed by atoms with Crippen molar-refractivity contribution in [1.82, 2.24) is 4.72 Å². The van der Waals surface area contributed by atoms with Gasteiger partial charge in [0.2, 0.25) is 10.0 Å². The van der Waals surface area contributed by atoms with Crippen LogP contribution in [0.25, 0.3) is 11.1 Å². The van der Waals surface area contributed by atoms with Crippen LogP contribution in [-0.4, -0.2) is 19.5 Å². The fourth-order valence-corrected chi connectivity index (χ4v) is 3.61. The summed E-state index contributed by atoms with van der Waals surface area (Å²) in [5.74, 6) is -2.02. The van der Waals surface area contributed by atoms with Gasteiger partial charge in [0.05, 0.1) is 10.5 Å². The van der Waals surface area contributed by atoms with E-state index in [-0.39, 0.29) is 22.6 Å². The molecule has 3 rings (SSSR count). The summed E-state index contributed by atoms with van der Waals surface area (Å²) >= 11 is 0. The fourth-order valence-electron chi connectivity index (χ4n) is 2.59. The maximum absolute atomic E-state index is 13.5. The van der Waals surface area contributed by atoms with Gasteiger partial charge in [-0.15, -0.1) is 0 Å². The molecule has 0 aliphatic rings. The second kappa shape index (κ2) is 7.69. The van der Waals surface area contributed by atoms with E-state index in [0.29, 0.717) is 0 Å². The number of nitrogens with one attached hydrogen (secondary N) is 1. The molecule has 0 saturated heterocycles. The number of aromatic carboxylic acids is 1. The zero-order valence-corrected chi connectivity index (χ0v) is 14.9. The minimum atomic E-state index is -3.82. The number of carboxylic acid groups (broad SMARTS) is 1. The first-order chi connectivity index (χ1) is 12.8. The molecule has 0 aromatic heterocycles. The number of benzene rings is 3. The molecule has 0 bridgehead atoms. The Morgan fingerprint density at radius 3 is 2.19 bits per heavy atom. The molecule has 0 radical (unpaired) electrons. The number of halogens is 1. The van der Waals surface area contributed by atoms with Crippen LogP contribution in [-0.2, 0) is 16.6 Å². The van der Waals surface area contributed by atoms with E-state index in [0.717, 1.165) is 23.3 Å². The molecular formula is C20H16FNO4S. The highest BCUT2D eigenvalue weighted by molar-refractivity contribution is 7.89. The van der Waals surface area contributed by atoms with Gasteiger partial charge in [-0.25, -0.2) is 22.3 Å². The van der Waals surface area contributed by atoms with Crippen molar-refractivity contribution in [2.75, 3.05) is 0 Å². The summed E-state index contributed by atoms with van der Waals surface area (Å²) in [6, 6.07) is 19.1. The summed E-state index contributed by atoms with van der Waals surface area (Å²) in [7, 11) is -3.82. The van der Waals surface area contributed by atoms with E-state index >= 15 is 0 Å². The van der Waals surface area contributed by atoms with Gasteiger partial charge in [0.15, 0.2) is 0 Å². The van der Waals surface area contributed by atoms with Crippen molar-refractivity contribution < 1.29 is 22.7 Å². The Bertz CT molecular complexity index is 1060. The highest BCUT2D eigenvalue weighted by Crippen LogP contribution is 2.21. The summed E-state index contributed by atoms with van der Waals surface area (Å²) in [4.78, 5) is 11.0. The van der Waals surface area contributed by atoms with E-state index in [1.165, 1.54) is 18.2 Å². The predicted octanol–water partition coefficient (Wildman–Crippen LogP) is 3.67. The lowest BCUT2D eigenvalue weighted by Gasteiger charge is -2.09. The van der Waals surface area contributed by atoms with Crippen molar-refractivity contribution in [3.63, 3.8) is 0 Å². The van der Waals surface area contributed by atoms with Gasteiger partial charge in [0.1, 0.15) is 5.82 Å². The molecule has 0 saturated carbocycles. The molecule has 2 N–H and O–H groups in total. The molecule has 27 heavy (non-hydrogen) atoms. The summed E-state index contributed by atoms with van der Waals surface area (Å²) in [6.07, 6.45) is 0. The first-order valence-electron chi connectivity index (χ1n) is 8.03. The van der Waals surface area contributed by atoms with E-state index in [4.69, 9.17) is 5.11 Å². The highest BCUT2D eigenvalue weighted by Gasteiger charge is 2.15. The molecule has 0 amide bonds. The van der Waals surface area contributed by atoms with Crippen molar-refractivity contribution in [3.05, 3.63) is 89.7 Å². The Hall–Kier alpha value is -3.03. The van der Waals surface area contributed by atoms with Crippen LogP contribution in [0.3, 0.4) is 0 Å². The Morgan fingerprint density at radius 2 is 1.56 bits per heavy atom. The van der Waals surface area contributed by atoms with Crippen LogP contribution in [0.5, 0.6) is 0 Å². The maximum atomic E-state index is 13.5. The molecule has 0 unspecified atom stereocenters. The zero-order chi connectivity index (χ0) is 19.4. The van der Waals surface area contributed by atoms with Crippen molar-refractivity contribution in [2.24, 2.45) is 0 Å². The summed E-state index contributed by atoms with van der Waals surface area (Å²) in [5.41, 5.74) is 1.83. The molecule has 0 fully saturated rings. The Kier molecular flexibility index (Phi) is 5.34. The summed E-state index contributed by atoms with van der Waals surface area (Å²) in [6.45, 7) is -0.221. The normalized spacial score (nSPS) is 11.3. The van der Waals surface area contributed by atoms with Crippen LogP contribution in [0.15, 0.2) is 77.7 Å². The zero-order valence-electron chi connectivity index (χ0n) is 14.1. The third kappa shape index (κ3) is 4.58. The van der Waals surface area contributed by atoms with Crippen molar-refractivity contribution in [1.29, 1.82) is 0 Å². The topological polar surface area (TPSA) is 83.5 Å². The Labute approximate surface area is 156 Å². The SMILES string of the molecule is O=C(O)c1cc(F)cc(CNS(=O)(=O)c2ccc(-c3ccccc3)cc2)c1. The Balaban J connectivity index is 1.76. The van der Waals surface area contributed by atoms with Crippen molar-refractivity contribution in [2.45, 2.75) is 11.4 Å². The number of hydrogen-bond acceptors (Lipinski definition) is 3. The lowest BCUT2D eigenvalue weighted by molar-refractivity contribution is 0.0696. The van der Waals surface area contributed by atoms with Gasteiger partial charge in [-0.05, 0) is 47.0 Å². The summed E-state index contributed by atoms with van der Waals surface area (Å²) < 4.78 is 40.7. The molecule has 7 heteroatoms. The number of rotatable bonds is 6. The van der Waals surface area contributed by atoms with E-state index in [1.807, 2.05) is 30.3 Å². The number of carboxylic acids is 1. The summed E-state index contributed by atoms with van der Waals surface area (Å²) in [5, 5.41) is 8.95. The third-order valence-corrected chi connectivity index (χ3v) is 5.36. The van der Waals surface area contributed by atoms with Gasteiger partial charge < -0.3 is 5.11 Å². The van der Waals surface area contributed by atoms with Crippen LogP contribution in [0.4, 0.5) is 4.39 Å². The molecule has 0 spiro atoms. The number of sulfonamides is 1. The van der Waals surface area contributed by atoms with E-state index < -0.39 is 21.8 Å². The largest absolute Gasteiger partial charge is 0.478 e. The molecule has 0 heterocycles. The van der Waals surface area contributed by atoms with Gasteiger partial charge in [-0.2, -0.15) is 0 Å². The van der Waals surface area contributed by atoms with Gasteiger partial charge in [0.25, 0.3) is 0 Å². The van der Waals surface area contributed by atoms with Gasteiger partial charge in [-0.3, -0.25) is 0 Å². The van der Waals surface area contributed by atoms with Crippen LogP contribution >= 0.6 is 0 Å². The molecule has 0 atom stereocenters. The molecule has 0 aliphatic carbocycles. The minimum absolute atomic E-state index is 0.0667. The lowest BCUT2D eigenvalue weighted by atomic mass is 10.1. The minimum Gasteiger partial charge on any atom is -0.478 e. The quantitative estimate of drug-likeness (QED) is 0.678. The Morgan fingerprint density at radius 1 is 0.926 bits per heavy atom. The van der Waals surface area contributed by atoms with Gasteiger partial charge in [0, 0.05) is 6.54 Å². The second-order valence-corrected chi connectivity index (χ2v) is 7.64. The van der Waals surface area contributed by atoms with Crippen molar-refractivity contribution in [3.8, 4) is 11.1 Å². The lowest BCUT2D eigenvalue weighted by Crippen LogP contribution is -2.23. The third-order valence-electron chi connectivity index (χ3n) is 3.94. The van der Waals surface area contributed by atoms with Gasteiger partial charge in [-0.1, -0.05) is 42.5 Å². The molecule has 0 aliphatic heterocycles. The molecule has 138 valence electrons. The van der Waals surface area contributed by atoms with Crippen LogP contribution in [0, 0.1) is 5.82 Å². The van der Waals surface area contributed by atoms with E-state index in [9.17, 15) is 17.6 Å². The number of hydrogen-bond donors (Lipinski definition) is 2. The average Bonchev–Trinajstić information content (AvgIpc) is 2.67. The van der Waals surface area contributed by atoms with Crippen LogP contribution in [0.2, 0.25) is 0 Å². The van der Waals surface area contributed by atoms with E-state index in [2.05, 4.69) is 4.72 Å². The smallest absolute Gasteiger partial charge is 0.335 e. The van der Waals surface area contributed by atoms with Crippen LogP contribution < -0.4 is 4.72 Å². The van der Waals surface area contributed by atoms with E-state index in [1.54, 1.807) is 12.1 Å². The monoisotopic (exact) mass is 385 g/mol. The molecule has 3 aromatic carbocycles. The number of carbonyl (C=O) groups is 1. The van der Waals surface area contributed by atoms with Crippen LogP contribution in [0.1, 0.15) is 15.9 Å².